The van der Waals surface area contributed by atoms with Crippen LogP contribution < -0.4 is 4.90 Å². The summed E-state index contributed by atoms with van der Waals surface area (Å²) in [7, 11) is 0. The summed E-state index contributed by atoms with van der Waals surface area (Å²) in [6.07, 6.45) is 3.82. The summed E-state index contributed by atoms with van der Waals surface area (Å²) in [6.45, 7) is 0. The van der Waals surface area contributed by atoms with Gasteiger partial charge in [-0.25, -0.2) is 4.39 Å². The zero-order valence-corrected chi connectivity index (χ0v) is 20.3. The predicted octanol–water partition coefficient (Wildman–Crippen LogP) is 6.20. The van der Waals surface area contributed by atoms with Crippen molar-refractivity contribution < 1.29 is 18.8 Å². The van der Waals surface area contributed by atoms with Gasteiger partial charge in [0.1, 0.15) is 17.3 Å². The third-order valence-corrected chi connectivity index (χ3v) is 8.86. The number of rotatable bonds is 3. The van der Waals surface area contributed by atoms with Crippen LogP contribution in [-0.4, -0.2) is 29.4 Å². The van der Waals surface area contributed by atoms with Crippen LogP contribution in [0, 0.1) is 11.2 Å². The molecular formula is C31H20FNO3S. The Morgan fingerprint density at radius 1 is 0.838 bits per heavy atom. The van der Waals surface area contributed by atoms with Gasteiger partial charge in [-0.15, -0.1) is 11.3 Å². The highest BCUT2D eigenvalue weighted by Crippen LogP contribution is 2.61. The van der Waals surface area contributed by atoms with Gasteiger partial charge < -0.3 is 4.90 Å². The van der Waals surface area contributed by atoms with Crippen LogP contribution in [0.1, 0.15) is 47.4 Å². The van der Waals surface area contributed by atoms with E-state index in [-0.39, 0.29) is 17.3 Å². The Balaban J connectivity index is 1.56. The highest BCUT2D eigenvalue weighted by atomic mass is 32.1. The lowest BCUT2D eigenvalue weighted by Gasteiger charge is -2.37. The van der Waals surface area contributed by atoms with Gasteiger partial charge in [0, 0.05) is 22.7 Å². The molecule has 37 heavy (non-hydrogen) atoms. The molecule has 0 amide bonds. The van der Waals surface area contributed by atoms with Gasteiger partial charge in [-0.1, -0.05) is 72.8 Å². The summed E-state index contributed by atoms with van der Waals surface area (Å²) >= 11 is 1.33. The molecule has 6 heteroatoms. The second-order valence-electron chi connectivity index (χ2n) is 9.66. The van der Waals surface area contributed by atoms with Gasteiger partial charge in [0.15, 0.2) is 17.3 Å². The first-order valence-electron chi connectivity index (χ1n) is 12.1. The molecule has 3 aliphatic rings. The molecule has 7 rings (SSSR count). The van der Waals surface area contributed by atoms with Gasteiger partial charge in [-0.05, 0) is 40.8 Å². The number of hydrogen-bond donors (Lipinski definition) is 0. The van der Waals surface area contributed by atoms with Crippen LogP contribution in [-0.2, 0) is 0 Å². The van der Waals surface area contributed by atoms with E-state index in [0.717, 1.165) is 11.3 Å². The van der Waals surface area contributed by atoms with Crippen molar-refractivity contribution in [2.45, 2.75) is 18.0 Å². The van der Waals surface area contributed by atoms with Crippen LogP contribution in [0.25, 0.3) is 6.08 Å². The van der Waals surface area contributed by atoms with Crippen molar-refractivity contribution in [2.75, 3.05) is 4.90 Å². The van der Waals surface area contributed by atoms with Crippen LogP contribution in [0.3, 0.4) is 0 Å². The Kier molecular flexibility index (Phi) is 4.72. The maximum Gasteiger partial charge on any atom is 0.195 e. The fraction of sp³-hybridized carbons (Fsp3) is 0.129. The molecule has 0 radical (unpaired) electrons. The maximum atomic E-state index is 14.4. The first kappa shape index (κ1) is 22.1. The van der Waals surface area contributed by atoms with Crippen LogP contribution in [0.15, 0.2) is 96.4 Å². The van der Waals surface area contributed by atoms with Crippen molar-refractivity contribution in [3.8, 4) is 0 Å². The highest BCUT2D eigenvalue weighted by Gasteiger charge is 2.71. The molecule has 1 aromatic heterocycles. The highest BCUT2D eigenvalue weighted by molar-refractivity contribution is 7.12. The number of thiophene rings is 1. The zero-order valence-electron chi connectivity index (χ0n) is 19.5. The van der Waals surface area contributed by atoms with E-state index in [1.54, 1.807) is 42.5 Å². The van der Waals surface area contributed by atoms with Crippen LogP contribution in [0.4, 0.5) is 10.1 Å². The topological polar surface area (TPSA) is 54.5 Å². The molecule has 3 aromatic carbocycles. The van der Waals surface area contributed by atoms with Gasteiger partial charge in [0.2, 0.25) is 0 Å². The minimum absolute atomic E-state index is 0.159. The van der Waals surface area contributed by atoms with E-state index in [1.165, 1.54) is 23.5 Å². The fourth-order valence-electron chi connectivity index (χ4n) is 6.53. The van der Waals surface area contributed by atoms with E-state index in [1.807, 2.05) is 52.8 Å². The van der Waals surface area contributed by atoms with E-state index in [0.29, 0.717) is 21.6 Å². The normalized spacial score (nSPS) is 22.7. The first-order valence-corrected chi connectivity index (χ1v) is 13.0. The standard InChI is InChI=1S/C31H20FNO3S/c32-20-14-11-19(12-15-20)26-27(28(34)24-10-5-17-37-24)33-23-9-4-1-6-18(23)13-16-25(33)31(26)29(35)21-7-2-3-8-22(21)30(31)36/h1-17,25-27H/t25?,26-,27+/m0/s1. The molecule has 3 heterocycles. The Bertz CT molecular complexity index is 1590. The van der Waals surface area contributed by atoms with E-state index in [9.17, 15) is 18.8 Å². The number of fused-ring (bicyclic) bond motifs is 5. The number of halogens is 1. The van der Waals surface area contributed by atoms with Crippen molar-refractivity contribution in [3.05, 3.63) is 129 Å². The minimum atomic E-state index is -1.57. The lowest BCUT2D eigenvalue weighted by Crippen LogP contribution is -2.48. The summed E-state index contributed by atoms with van der Waals surface area (Å²) in [5, 5.41) is 1.84. The molecule has 1 saturated heterocycles. The second kappa shape index (κ2) is 7.92. The predicted molar refractivity (Wildman–Crippen MR) is 141 cm³/mol. The largest absolute Gasteiger partial charge is 0.352 e. The molecule has 0 bridgehead atoms. The molecule has 1 spiro atoms. The third kappa shape index (κ3) is 2.84. The summed E-state index contributed by atoms with van der Waals surface area (Å²) in [5.74, 6) is -1.98. The molecule has 1 fully saturated rings. The van der Waals surface area contributed by atoms with Crippen molar-refractivity contribution in [3.63, 3.8) is 0 Å². The van der Waals surface area contributed by atoms with Crippen molar-refractivity contribution in [1.82, 2.24) is 0 Å². The SMILES string of the molecule is O=C(c1cccs1)[C@H]1[C@H](c2ccc(F)cc2)C2(C(=O)c3ccccc3C2=O)C2C=Cc3ccccc3N21. The number of para-hydroxylation sites is 1. The summed E-state index contributed by atoms with van der Waals surface area (Å²) in [6, 6.07) is 22.5. The minimum Gasteiger partial charge on any atom is -0.352 e. The Labute approximate surface area is 216 Å². The number of hydrogen-bond acceptors (Lipinski definition) is 5. The molecule has 4 aromatic rings. The molecule has 1 aliphatic carbocycles. The van der Waals surface area contributed by atoms with Gasteiger partial charge in [0.05, 0.1) is 10.9 Å². The molecule has 180 valence electrons. The number of benzene rings is 3. The lowest BCUT2D eigenvalue weighted by atomic mass is 9.64. The van der Waals surface area contributed by atoms with E-state index >= 15 is 0 Å². The Morgan fingerprint density at radius 3 is 2.19 bits per heavy atom. The maximum absolute atomic E-state index is 14.4. The molecular weight excluding hydrogens is 485 g/mol. The van der Waals surface area contributed by atoms with Crippen LogP contribution >= 0.6 is 11.3 Å². The number of nitrogens with zero attached hydrogens (tertiary/aromatic N) is 1. The first-order chi connectivity index (χ1) is 18.0. The molecule has 2 aliphatic heterocycles. The van der Waals surface area contributed by atoms with Crippen LogP contribution in [0.5, 0.6) is 0 Å². The zero-order chi connectivity index (χ0) is 25.3. The monoisotopic (exact) mass is 505 g/mol. The summed E-state index contributed by atoms with van der Waals surface area (Å²) in [5.41, 5.74) is 1.47. The Morgan fingerprint density at radius 2 is 1.51 bits per heavy atom. The van der Waals surface area contributed by atoms with Crippen molar-refractivity contribution >= 4 is 40.4 Å². The lowest BCUT2D eigenvalue weighted by molar-refractivity contribution is 0.0666. The number of ketones is 3. The van der Waals surface area contributed by atoms with Gasteiger partial charge >= 0.3 is 0 Å². The van der Waals surface area contributed by atoms with Crippen molar-refractivity contribution in [2.24, 2.45) is 5.41 Å². The Hall–Kier alpha value is -4.16. The number of anilines is 1. The van der Waals surface area contributed by atoms with Gasteiger partial charge in [-0.2, -0.15) is 0 Å². The number of carbonyl (C=O) groups excluding carboxylic acids is 3. The number of carbonyl (C=O) groups is 3. The van der Waals surface area contributed by atoms with Crippen LogP contribution in [0.2, 0.25) is 0 Å². The molecule has 0 N–H and O–H groups in total. The third-order valence-electron chi connectivity index (χ3n) is 7.97. The number of Topliss-reactive ketones (excluding diaryl/α,β-unsaturated/α-hetero) is 3. The smallest absolute Gasteiger partial charge is 0.195 e. The fourth-order valence-corrected chi connectivity index (χ4v) is 7.22. The average Bonchev–Trinajstić information content (AvgIpc) is 3.63. The summed E-state index contributed by atoms with van der Waals surface area (Å²) < 4.78 is 14.1. The van der Waals surface area contributed by atoms with Gasteiger partial charge in [0.25, 0.3) is 0 Å². The molecule has 4 nitrogen and oxygen atoms in total. The van der Waals surface area contributed by atoms with E-state index in [2.05, 4.69) is 0 Å². The van der Waals surface area contributed by atoms with Gasteiger partial charge in [-0.3, -0.25) is 14.4 Å². The molecule has 3 atom stereocenters. The molecule has 1 unspecified atom stereocenters. The quantitative estimate of drug-likeness (QED) is 0.246. The second-order valence-corrected chi connectivity index (χ2v) is 10.6. The summed E-state index contributed by atoms with van der Waals surface area (Å²) in [4.78, 5) is 45.7. The van der Waals surface area contributed by atoms with E-state index in [4.69, 9.17) is 0 Å². The van der Waals surface area contributed by atoms with Crippen molar-refractivity contribution in [1.29, 1.82) is 0 Å². The van der Waals surface area contributed by atoms with E-state index < -0.39 is 29.2 Å². The average molecular weight is 506 g/mol. The molecule has 0 saturated carbocycles.